The van der Waals surface area contributed by atoms with Crippen molar-refractivity contribution in [3.63, 3.8) is 0 Å². The molecule has 0 heterocycles. The van der Waals surface area contributed by atoms with Crippen molar-refractivity contribution in [2.45, 2.75) is 25.3 Å². The zero-order valence-electron chi connectivity index (χ0n) is 9.89. The summed E-state index contributed by atoms with van der Waals surface area (Å²) >= 11 is 0. The highest BCUT2D eigenvalue weighted by molar-refractivity contribution is 5.76. The number of carboxylic acid groups (broad SMARTS) is 1. The zero-order valence-corrected chi connectivity index (χ0v) is 9.89. The summed E-state index contributed by atoms with van der Waals surface area (Å²) in [5.41, 5.74) is 0.791. The highest BCUT2D eigenvalue weighted by Crippen LogP contribution is 2.15. The Hall–Kier alpha value is -1.79. The van der Waals surface area contributed by atoms with E-state index in [0.29, 0.717) is 6.54 Å². The summed E-state index contributed by atoms with van der Waals surface area (Å²) < 4.78 is 0. The molecule has 2 atom stereocenters. The van der Waals surface area contributed by atoms with Crippen LogP contribution in [0.25, 0.3) is 0 Å². The molecule has 0 amide bonds. The number of hydrogen-bond donors (Lipinski definition) is 2. The van der Waals surface area contributed by atoms with Crippen molar-refractivity contribution in [1.82, 2.24) is 5.32 Å². The Bertz CT molecular complexity index is 394. The van der Waals surface area contributed by atoms with E-state index in [2.05, 4.69) is 11.2 Å². The number of aliphatic carboxylic acids is 1. The third-order valence-electron chi connectivity index (χ3n) is 2.68. The van der Waals surface area contributed by atoms with Gasteiger partial charge in [0.05, 0.1) is 12.0 Å². The summed E-state index contributed by atoms with van der Waals surface area (Å²) in [6, 6.07) is 9.11. The van der Waals surface area contributed by atoms with Gasteiger partial charge in [-0.2, -0.15) is 0 Å². The topological polar surface area (TPSA) is 49.3 Å². The van der Waals surface area contributed by atoms with Crippen LogP contribution in [0, 0.1) is 12.3 Å². The Labute approximate surface area is 102 Å². The highest BCUT2D eigenvalue weighted by Gasteiger charge is 2.19. The Morgan fingerprint density at radius 2 is 2.12 bits per heavy atom. The van der Waals surface area contributed by atoms with Gasteiger partial charge in [-0.25, -0.2) is 0 Å². The van der Waals surface area contributed by atoms with E-state index in [0.717, 1.165) is 12.0 Å². The fourth-order valence-corrected chi connectivity index (χ4v) is 1.61. The molecule has 90 valence electrons. The standard InChI is InChI=1S/C14H17NO2/c1-3-12(4-2)15-10-13(14(16)17)11-8-6-5-7-9-11/h1,5-9,12-13,15H,4,10H2,2H3,(H,16,17). The summed E-state index contributed by atoms with van der Waals surface area (Å²) in [7, 11) is 0. The summed E-state index contributed by atoms with van der Waals surface area (Å²) in [5.74, 6) is 1.20. The predicted octanol–water partition coefficient (Wildman–Crippen LogP) is 1.86. The number of benzene rings is 1. The predicted molar refractivity (Wildman–Crippen MR) is 67.7 cm³/mol. The van der Waals surface area contributed by atoms with Crippen LogP contribution in [0.15, 0.2) is 30.3 Å². The highest BCUT2D eigenvalue weighted by atomic mass is 16.4. The van der Waals surface area contributed by atoms with E-state index in [9.17, 15) is 9.90 Å². The molecule has 0 fully saturated rings. The van der Waals surface area contributed by atoms with Crippen molar-refractivity contribution in [3.05, 3.63) is 35.9 Å². The van der Waals surface area contributed by atoms with Crippen LogP contribution < -0.4 is 5.32 Å². The first kappa shape index (κ1) is 13.3. The monoisotopic (exact) mass is 231 g/mol. The molecule has 2 unspecified atom stereocenters. The quantitative estimate of drug-likeness (QED) is 0.735. The van der Waals surface area contributed by atoms with Crippen molar-refractivity contribution < 1.29 is 9.90 Å². The molecule has 17 heavy (non-hydrogen) atoms. The second-order valence-electron chi connectivity index (χ2n) is 3.84. The van der Waals surface area contributed by atoms with Gasteiger partial charge in [0, 0.05) is 6.54 Å². The third-order valence-corrected chi connectivity index (χ3v) is 2.68. The average molecular weight is 231 g/mol. The number of rotatable bonds is 6. The van der Waals surface area contributed by atoms with Crippen molar-refractivity contribution in [1.29, 1.82) is 0 Å². The van der Waals surface area contributed by atoms with E-state index in [1.54, 1.807) is 0 Å². The molecule has 0 aliphatic rings. The van der Waals surface area contributed by atoms with Crippen LogP contribution in [0.4, 0.5) is 0 Å². The first-order valence-electron chi connectivity index (χ1n) is 5.66. The number of hydrogen-bond acceptors (Lipinski definition) is 2. The van der Waals surface area contributed by atoms with E-state index < -0.39 is 11.9 Å². The van der Waals surface area contributed by atoms with Gasteiger partial charge in [0.1, 0.15) is 0 Å². The molecule has 0 spiro atoms. The largest absolute Gasteiger partial charge is 0.481 e. The Morgan fingerprint density at radius 1 is 1.47 bits per heavy atom. The van der Waals surface area contributed by atoms with Gasteiger partial charge >= 0.3 is 5.97 Å². The van der Waals surface area contributed by atoms with Gasteiger partial charge in [-0.1, -0.05) is 43.2 Å². The van der Waals surface area contributed by atoms with Crippen molar-refractivity contribution >= 4 is 5.97 Å². The fourth-order valence-electron chi connectivity index (χ4n) is 1.61. The molecule has 0 aliphatic heterocycles. The average Bonchev–Trinajstić information content (AvgIpc) is 2.35. The van der Waals surface area contributed by atoms with Gasteiger partial charge in [0.25, 0.3) is 0 Å². The lowest BCUT2D eigenvalue weighted by Gasteiger charge is -2.16. The number of terminal acetylenes is 1. The molecular formula is C14H17NO2. The van der Waals surface area contributed by atoms with E-state index in [1.165, 1.54) is 0 Å². The van der Waals surface area contributed by atoms with Crippen LogP contribution in [0.2, 0.25) is 0 Å². The molecule has 1 aromatic carbocycles. The number of carboxylic acids is 1. The molecule has 0 bridgehead atoms. The van der Waals surface area contributed by atoms with Crippen LogP contribution in [0.1, 0.15) is 24.8 Å². The maximum atomic E-state index is 11.2. The molecule has 3 heteroatoms. The first-order valence-corrected chi connectivity index (χ1v) is 5.66. The fraction of sp³-hybridized carbons (Fsp3) is 0.357. The Kier molecular flexibility index (Phi) is 5.25. The Morgan fingerprint density at radius 3 is 2.59 bits per heavy atom. The molecule has 1 aromatic rings. The van der Waals surface area contributed by atoms with Gasteiger partial charge in [-0.3, -0.25) is 4.79 Å². The second kappa shape index (κ2) is 6.72. The van der Waals surface area contributed by atoms with Crippen LogP contribution in [0.5, 0.6) is 0 Å². The molecule has 0 radical (unpaired) electrons. The minimum atomic E-state index is -0.837. The lowest BCUT2D eigenvalue weighted by Crippen LogP contribution is -2.33. The molecule has 1 rings (SSSR count). The minimum absolute atomic E-state index is 0.0689. The van der Waals surface area contributed by atoms with Crippen LogP contribution in [0.3, 0.4) is 0 Å². The van der Waals surface area contributed by atoms with Crippen molar-refractivity contribution in [3.8, 4) is 12.3 Å². The molecule has 0 aromatic heterocycles. The number of nitrogens with one attached hydrogen (secondary N) is 1. The van der Waals surface area contributed by atoms with Gasteiger partial charge in [0.2, 0.25) is 0 Å². The molecule has 0 aliphatic carbocycles. The van der Waals surface area contributed by atoms with Crippen molar-refractivity contribution in [2.24, 2.45) is 0 Å². The minimum Gasteiger partial charge on any atom is -0.481 e. The third kappa shape index (κ3) is 3.93. The lowest BCUT2D eigenvalue weighted by molar-refractivity contribution is -0.138. The smallest absolute Gasteiger partial charge is 0.312 e. The van der Waals surface area contributed by atoms with Crippen molar-refractivity contribution in [2.75, 3.05) is 6.54 Å². The normalized spacial score (nSPS) is 13.6. The molecule has 3 nitrogen and oxygen atoms in total. The van der Waals surface area contributed by atoms with E-state index in [1.807, 2.05) is 37.3 Å². The SMILES string of the molecule is C#CC(CC)NCC(C(=O)O)c1ccccc1. The zero-order chi connectivity index (χ0) is 12.7. The lowest BCUT2D eigenvalue weighted by atomic mass is 9.99. The maximum absolute atomic E-state index is 11.2. The van der Waals surface area contributed by atoms with E-state index in [4.69, 9.17) is 6.42 Å². The van der Waals surface area contributed by atoms with Gasteiger partial charge in [0.15, 0.2) is 0 Å². The van der Waals surface area contributed by atoms with Crippen LogP contribution in [-0.4, -0.2) is 23.7 Å². The Balaban J connectivity index is 2.69. The maximum Gasteiger partial charge on any atom is 0.312 e. The van der Waals surface area contributed by atoms with Gasteiger partial charge < -0.3 is 10.4 Å². The van der Waals surface area contributed by atoms with Gasteiger partial charge in [-0.05, 0) is 12.0 Å². The second-order valence-corrected chi connectivity index (χ2v) is 3.84. The van der Waals surface area contributed by atoms with Crippen LogP contribution in [-0.2, 0) is 4.79 Å². The first-order chi connectivity index (χ1) is 8.19. The summed E-state index contributed by atoms with van der Waals surface area (Å²) in [6.45, 7) is 2.32. The summed E-state index contributed by atoms with van der Waals surface area (Å²) in [6.07, 6.45) is 6.11. The molecular weight excluding hydrogens is 214 g/mol. The van der Waals surface area contributed by atoms with Crippen LogP contribution >= 0.6 is 0 Å². The molecule has 0 saturated carbocycles. The number of carbonyl (C=O) groups is 1. The summed E-state index contributed by atoms with van der Waals surface area (Å²) in [5, 5.41) is 12.3. The van der Waals surface area contributed by atoms with Gasteiger partial charge in [-0.15, -0.1) is 6.42 Å². The molecule has 0 saturated heterocycles. The van der Waals surface area contributed by atoms with E-state index in [-0.39, 0.29) is 6.04 Å². The molecule has 2 N–H and O–H groups in total. The summed E-state index contributed by atoms with van der Waals surface area (Å²) in [4.78, 5) is 11.2. The van der Waals surface area contributed by atoms with E-state index >= 15 is 0 Å².